The van der Waals surface area contributed by atoms with Crippen LogP contribution in [-0.2, 0) is 0 Å². The normalized spacial score (nSPS) is 29.0. The highest BCUT2D eigenvalue weighted by Crippen LogP contribution is 2.31. The first-order chi connectivity index (χ1) is 8.13. The molecule has 1 fully saturated rings. The Kier molecular flexibility index (Phi) is 3.69. The van der Waals surface area contributed by atoms with Gasteiger partial charge in [-0.3, -0.25) is 0 Å². The van der Waals surface area contributed by atoms with Gasteiger partial charge < -0.3 is 16.2 Å². The fourth-order valence-electron chi connectivity index (χ4n) is 2.54. The van der Waals surface area contributed by atoms with Crippen molar-refractivity contribution in [3.8, 4) is 0 Å². The van der Waals surface area contributed by atoms with Crippen LogP contribution in [0.2, 0.25) is 0 Å². The van der Waals surface area contributed by atoms with Crippen LogP contribution < -0.4 is 11.1 Å². The smallest absolute Gasteiger partial charge is 0.0661 e. The zero-order valence-corrected chi connectivity index (χ0v) is 10.4. The van der Waals surface area contributed by atoms with E-state index in [0.717, 1.165) is 31.4 Å². The number of hydrogen-bond donors (Lipinski definition) is 3. The Morgan fingerprint density at radius 1 is 1.41 bits per heavy atom. The summed E-state index contributed by atoms with van der Waals surface area (Å²) in [4.78, 5) is 0. The molecule has 2 rings (SSSR count). The minimum absolute atomic E-state index is 0.174. The number of aliphatic hydroxyl groups is 1. The van der Waals surface area contributed by atoms with Crippen LogP contribution in [0, 0.1) is 6.92 Å². The Hall–Kier alpha value is -1.06. The molecule has 0 saturated heterocycles. The van der Waals surface area contributed by atoms with E-state index in [1.807, 2.05) is 6.07 Å². The van der Waals surface area contributed by atoms with Gasteiger partial charge in [0.2, 0.25) is 0 Å². The molecule has 0 spiro atoms. The highest BCUT2D eigenvalue weighted by molar-refractivity contribution is 5.47. The van der Waals surface area contributed by atoms with Crippen LogP contribution in [0.5, 0.6) is 0 Å². The van der Waals surface area contributed by atoms with Gasteiger partial charge in [0.15, 0.2) is 0 Å². The Bertz CT molecular complexity index is 370. The first-order valence-electron chi connectivity index (χ1n) is 6.35. The van der Waals surface area contributed by atoms with Crippen molar-refractivity contribution in [2.75, 3.05) is 11.9 Å². The number of benzene rings is 1. The molecule has 0 atom stereocenters. The summed E-state index contributed by atoms with van der Waals surface area (Å²) in [7, 11) is 0. The molecule has 17 heavy (non-hydrogen) atoms. The third-order valence-electron chi connectivity index (χ3n) is 3.72. The third kappa shape index (κ3) is 2.99. The summed E-state index contributed by atoms with van der Waals surface area (Å²) in [6.07, 6.45) is 3.86. The second-order valence-corrected chi connectivity index (χ2v) is 5.27. The van der Waals surface area contributed by atoms with Crippen LogP contribution in [0.4, 0.5) is 5.69 Å². The quantitative estimate of drug-likeness (QED) is 0.750. The summed E-state index contributed by atoms with van der Waals surface area (Å²) >= 11 is 0. The van der Waals surface area contributed by atoms with Gasteiger partial charge >= 0.3 is 0 Å². The van der Waals surface area contributed by atoms with Crippen molar-refractivity contribution < 1.29 is 5.11 Å². The van der Waals surface area contributed by atoms with Crippen molar-refractivity contribution >= 4 is 5.69 Å². The molecule has 1 saturated carbocycles. The Balaban J connectivity index is 2.09. The minimum atomic E-state index is -0.177. The second kappa shape index (κ2) is 5.07. The summed E-state index contributed by atoms with van der Waals surface area (Å²) < 4.78 is 0. The summed E-state index contributed by atoms with van der Waals surface area (Å²) in [5.41, 5.74) is 8.07. The maximum Gasteiger partial charge on any atom is 0.0661 e. The number of rotatable bonds is 3. The van der Waals surface area contributed by atoms with Crippen LogP contribution in [0.15, 0.2) is 24.3 Å². The summed E-state index contributed by atoms with van der Waals surface area (Å²) in [6.45, 7) is 2.25. The first-order valence-corrected chi connectivity index (χ1v) is 6.35. The van der Waals surface area contributed by atoms with Crippen LogP contribution in [0.25, 0.3) is 0 Å². The molecule has 1 aliphatic carbocycles. The van der Waals surface area contributed by atoms with Crippen molar-refractivity contribution in [3.63, 3.8) is 0 Å². The number of nitrogens with two attached hydrogens (primary N) is 1. The first kappa shape index (κ1) is 12.4. The van der Waals surface area contributed by atoms with Crippen LogP contribution in [0.1, 0.15) is 31.2 Å². The standard InChI is InChI=1S/C14H22N2O/c1-11-3-2-4-13(9-11)16-14(10-17)7-5-12(15)6-8-14/h2-4,9,12,16-17H,5-8,10,15H2,1H3. The molecular formula is C14H22N2O. The van der Waals surface area contributed by atoms with Gasteiger partial charge in [0.1, 0.15) is 0 Å². The number of aryl methyl sites for hydroxylation is 1. The fourth-order valence-corrected chi connectivity index (χ4v) is 2.54. The molecule has 0 bridgehead atoms. The maximum atomic E-state index is 9.66. The van der Waals surface area contributed by atoms with Crippen molar-refractivity contribution in [2.24, 2.45) is 5.73 Å². The van der Waals surface area contributed by atoms with E-state index >= 15 is 0 Å². The van der Waals surface area contributed by atoms with E-state index in [4.69, 9.17) is 5.73 Å². The van der Waals surface area contributed by atoms with Gasteiger partial charge in [-0.2, -0.15) is 0 Å². The molecule has 0 amide bonds. The lowest BCUT2D eigenvalue weighted by atomic mass is 9.80. The average Bonchev–Trinajstić information content (AvgIpc) is 2.33. The number of aliphatic hydroxyl groups excluding tert-OH is 1. The van der Waals surface area contributed by atoms with Gasteiger partial charge in [-0.25, -0.2) is 0 Å². The van der Waals surface area contributed by atoms with Gasteiger partial charge in [-0.05, 0) is 50.3 Å². The van der Waals surface area contributed by atoms with E-state index in [-0.39, 0.29) is 12.1 Å². The number of hydrogen-bond acceptors (Lipinski definition) is 3. The van der Waals surface area contributed by atoms with E-state index in [2.05, 4.69) is 30.4 Å². The Morgan fingerprint density at radius 3 is 2.71 bits per heavy atom. The van der Waals surface area contributed by atoms with Crippen LogP contribution in [-0.4, -0.2) is 23.3 Å². The molecule has 0 aromatic heterocycles. The molecule has 94 valence electrons. The maximum absolute atomic E-state index is 9.66. The number of nitrogens with one attached hydrogen (secondary N) is 1. The van der Waals surface area contributed by atoms with Gasteiger partial charge in [0.05, 0.1) is 12.1 Å². The molecule has 1 aromatic rings. The molecule has 3 nitrogen and oxygen atoms in total. The molecule has 0 heterocycles. The summed E-state index contributed by atoms with van der Waals surface area (Å²) in [5, 5.41) is 13.2. The lowest BCUT2D eigenvalue weighted by Crippen LogP contribution is -2.47. The molecule has 3 heteroatoms. The highest BCUT2D eigenvalue weighted by Gasteiger charge is 2.33. The lowest BCUT2D eigenvalue weighted by Gasteiger charge is -2.39. The highest BCUT2D eigenvalue weighted by atomic mass is 16.3. The Labute approximate surface area is 103 Å². The summed E-state index contributed by atoms with van der Waals surface area (Å²) in [5.74, 6) is 0. The van der Waals surface area contributed by atoms with E-state index in [9.17, 15) is 5.11 Å². The Morgan fingerprint density at radius 2 is 2.12 bits per heavy atom. The zero-order chi connectivity index (χ0) is 12.3. The van der Waals surface area contributed by atoms with E-state index in [1.165, 1.54) is 5.56 Å². The predicted molar refractivity (Wildman–Crippen MR) is 71.1 cm³/mol. The number of anilines is 1. The SMILES string of the molecule is Cc1cccc(NC2(CO)CCC(N)CC2)c1. The fraction of sp³-hybridized carbons (Fsp3) is 0.571. The van der Waals surface area contributed by atoms with Crippen molar-refractivity contribution in [2.45, 2.75) is 44.2 Å². The molecule has 4 N–H and O–H groups in total. The predicted octanol–water partition coefficient (Wildman–Crippen LogP) is 2.04. The molecule has 1 aromatic carbocycles. The van der Waals surface area contributed by atoms with E-state index in [0.29, 0.717) is 6.04 Å². The second-order valence-electron chi connectivity index (χ2n) is 5.27. The molecule has 0 radical (unpaired) electrons. The molecular weight excluding hydrogens is 212 g/mol. The van der Waals surface area contributed by atoms with Gasteiger partial charge in [0, 0.05) is 11.7 Å². The van der Waals surface area contributed by atoms with Gasteiger partial charge in [-0.15, -0.1) is 0 Å². The van der Waals surface area contributed by atoms with Crippen LogP contribution >= 0.6 is 0 Å². The average molecular weight is 234 g/mol. The lowest BCUT2D eigenvalue weighted by molar-refractivity contribution is 0.166. The topological polar surface area (TPSA) is 58.3 Å². The van der Waals surface area contributed by atoms with Gasteiger partial charge in [0.25, 0.3) is 0 Å². The van der Waals surface area contributed by atoms with Crippen LogP contribution in [0.3, 0.4) is 0 Å². The molecule has 0 unspecified atom stereocenters. The zero-order valence-electron chi connectivity index (χ0n) is 10.4. The van der Waals surface area contributed by atoms with Crippen molar-refractivity contribution in [1.29, 1.82) is 0 Å². The molecule has 1 aliphatic rings. The minimum Gasteiger partial charge on any atom is -0.394 e. The van der Waals surface area contributed by atoms with E-state index in [1.54, 1.807) is 0 Å². The largest absolute Gasteiger partial charge is 0.394 e. The van der Waals surface area contributed by atoms with Crippen molar-refractivity contribution in [3.05, 3.63) is 29.8 Å². The monoisotopic (exact) mass is 234 g/mol. The van der Waals surface area contributed by atoms with Crippen molar-refractivity contribution in [1.82, 2.24) is 0 Å². The third-order valence-corrected chi connectivity index (χ3v) is 3.72. The van der Waals surface area contributed by atoms with Gasteiger partial charge in [-0.1, -0.05) is 12.1 Å². The molecule has 0 aliphatic heterocycles. The summed E-state index contributed by atoms with van der Waals surface area (Å²) in [6, 6.07) is 8.59. The van der Waals surface area contributed by atoms with E-state index < -0.39 is 0 Å².